The van der Waals surface area contributed by atoms with E-state index < -0.39 is 0 Å². The van der Waals surface area contributed by atoms with Gasteiger partial charge in [-0.2, -0.15) is 5.10 Å². The van der Waals surface area contributed by atoms with Crippen molar-refractivity contribution in [2.24, 2.45) is 0 Å². The predicted octanol–water partition coefficient (Wildman–Crippen LogP) is 4.34. The zero-order valence-corrected chi connectivity index (χ0v) is 16.9. The Morgan fingerprint density at radius 1 is 1.27 bits per heavy atom. The number of nitrogens with one attached hydrogen (secondary N) is 2. The van der Waals surface area contributed by atoms with Gasteiger partial charge in [0.05, 0.1) is 18.1 Å². The molecule has 0 fully saturated rings. The van der Waals surface area contributed by atoms with Gasteiger partial charge >= 0.3 is 0 Å². The summed E-state index contributed by atoms with van der Waals surface area (Å²) in [6.07, 6.45) is 1.59. The topological polar surface area (TPSA) is 64.1 Å². The summed E-state index contributed by atoms with van der Waals surface area (Å²) < 4.78 is 14.5. The second-order valence-electron chi connectivity index (χ2n) is 5.75. The largest absolute Gasteiger partial charge is 0.493 e. The number of aryl methyl sites for hydroxylation is 1. The smallest absolute Gasteiger partial charge is 0.214 e. The summed E-state index contributed by atoms with van der Waals surface area (Å²) in [6, 6.07) is 12.2. The lowest BCUT2D eigenvalue weighted by Gasteiger charge is -2.15. The molecule has 6 nitrogen and oxygen atoms in total. The van der Waals surface area contributed by atoms with Gasteiger partial charge in [0.15, 0.2) is 11.5 Å². The molecule has 3 rings (SSSR count). The fourth-order valence-corrected chi connectivity index (χ4v) is 3.28. The minimum Gasteiger partial charge on any atom is -0.493 e. The van der Waals surface area contributed by atoms with E-state index in [1.165, 1.54) is 5.56 Å². The van der Waals surface area contributed by atoms with Crippen LogP contribution in [0.15, 0.2) is 47.2 Å². The highest BCUT2D eigenvalue weighted by molar-refractivity contribution is 9.10. The van der Waals surface area contributed by atoms with Gasteiger partial charge in [-0.3, -0.25) is 5.10 Å². The van der Waals surface area contributed by atoms with Crippen LogP contribution in [-0.4, -0.2) is 22.0 Å². The average molecular weight is 435 g/mol. The van der Waals surface area contributed by atoms with Crippen LogP contribution in [0, 0.1) is 11.7 Å². The maximum Gasteiger partial charge on any atom is 0.214 e. The van der Waals surface area contributed by atoms with Gasteiger partial charge in [0.25, 0.3) is 0 Å². The van der Waals surface area contributed by atoms with E-state index in [1.54, 1.807) is 18.1 Å². The summed E-state index contributed by atoms with van der Waals surface area (Å²) in [5.41, 5.74) is 6.50. The third kappa shape index (κ3) is 4.44. The summed E-state index contributed by atoms with van der Waals surface area (Å²) in [5.74, 6) is 1.34. The number of aromatic nitrogens is 3. The first-order chi connectivity index (χ1) is 12.6. The zero-order valence-electron chi connectivity index (χ0n) is 14.5. The molecule has 0 amide bonds. The standard InChI is InChI=1S/C18H19BrN4O2S/c1-12-4-3-5-13(6-12)10-25-17-15(19)7-14(8-16(17)24-2)9-21-23-11-20-22-18(23)26/h3-8,11,21H,9-10H2,1-2H3,(H,22,26). The van der Waals surface area contributed by atoms with Crippen molar-refractivity contribution in [1.29, 1.82) is 0 Å². The van der Waals surface area contributed by atoms with E-state index >= 15 is 0 Å². The monoisotopic (exact) mass is 434 g/mol. The Morgan fingerprint density at radius 3 is 2.81 bits per heavy atom. The van der Waals surface area contributed by atoms with Crippen molar-refractivity contribution in [3.63, 3.8) is 0 Å². The number of aromatic amines is 1. The zero-order chi connectivity index (χ0) is 18.5. The Balaban J connectivity index is 1.74. The molecule has 0 aliphatic carbocycles. The number of nitrogens with zero attached hydrogens (tertiary/aromatic N) is 2. The van der Waals surface area contributed by atoms with E-state index in [1.807, 2.05) is 24.3 Å². The molecule has 8 heteroatoms. The van der Waals surface area contributed by atoms with Crippen LogP contribution >= 0.6 is 28.1 Å². The Bertz CT molecular complexity index is 954. The number of ether oxygens (including phenoxy) is 2. The number of benzene rings is 2. The van der Waals surface area contributed by atoms with Crippen molar-refractivity contribution in [2.75, 3.05) is 12.5 Å². The van der Waals surface area contributed by atoms with Crippen molar-refractivity contribution in [3.8, 4) is 11.5 Å². The molecule has 1 aromatic heterocycles. The molecule has 0 saturated carbocycles. The molecule has 0 atom stereocenters. The molecule has 2 N–H and O–H groups in total. The summed E-state index contributed by atoms with van der Waals surface area (Å²) in [7, 11) is 1.63. The first-order valence-corrected chi connectivity index (χ1v) is 9.17. The number of hydrogen-bond donors (Lipinski definition) is 2. The summed E-state index contributed by atoms with van der Waals surface area (Å²) in [4.78, 5) is 0. The van der Waals surface area contributed by atoms with E-state index in [0.29, 0.717) is 29.4 Å². The molecule has 136 valence electrons. The van der Waals surface area contributed by atoms with Gasteiger partial charge in [-0.05, 0) is 58.3 Å². The molecular weight excluding hydrogens is 416 g/mol. The van der Waals surface area contributed by atoms with E-state index in [4.69, 9.17) is 21.7 Å². The number of methoxy groups -OCH3 is 1. The lowest BCUT2D eigenvalue weighted by atomic mass is 10.1. The molecule has 1 heterocycles. The van der Waals surface area contributed by atoms with Gasteiger partial charge in [-0.15, -0.1) is 0 Å². The van der Waals surface area contributed by atoms with Crippen molar-refractivity contribution >= 4 is 28.1 Å². The van der Waals surface area contributed by atoms with Crippen LogP contribution in [0.25, 0.3) is 0 Å². The first kappa shape index (κ1) is 18.5. The Kier molecular flexibility index (Phi) is 5.95. The third-order valence-electron chi connectivity index (χ3n) is 3.76. The minimum atomic E-state index is 0.471. The maximum atomic E-state index is 6.00. The van der Waals surface area contributed by atoms with Crippen molar-refractivity contribution in [1.82, 2.24) is 14.9 Å². The first-order valence-electron chi connectivity index (χ1n) is 7.97. The van der Waals surface area contributed by atoms with Crippen LogP contribution in [0.2, 0.25) is 0 Å². The predicted molar refractivity (Wildman–Crippen MR) is 107 cm³/mol. The molecule has 0 aliphatic heterocycles. The second-order valence-corrected chi connectivity index (χ2v) is 6.99. The number of rotatable bonds is 7. The molecule has 2 aromatic carbocycles. The lowest BCUT2D eigenvalue weighted by molar-refractivity contribution is 0.282. The number of hydrogen-bond acceptors (Lipinski definition) is 5. The highest BCUT2D eigenvalue weighted by Gasteiger charge is 2.12. The van der Waals surface area contributed by atoms with Gasteiger partial charge in [0, 0.05) is 0 Å². The van der Waals surface area contributed by atoms with Gasteiger partial charge in [0.2, 0.25) is 4.77 Å². The summed E-state index contributed by atoms with van der Waals surface area (Å²) in [5, 5.41) is 6.57. The lowest BCUT2D eigenvalue weighted by Crippen LogP contribution is -2.13. The minimum absolute atomic E-state index is 0.471. The Hall–Kier alpha value is -2.32. The molecule has 26 heavy (non-hydrogen) atoms. The van der Waals surface area contributed by atoms with E-state index in [0.717, 1.165) is 15.6 Å². The molecule has 3 aromatic rings. The summed E-state index contributed by atoms with van der Waals surface area (Å²) in [6.45, 7) is 3.09. The molecule has 0 aliphatic rings. The fraction of sp³-hybridized carbons (Fsp3) is 0.222. The highest BCUT2D eigenvalue weighted by Crippen LogP contribution is 2.37. The molecule has 0 radical (unpaired) electrons. The normalized spacial score (nSPS) is 10.6. The second kappa shape index (κ2) is 8.37. The van der Waals surface area contributed by atoms with Crippen LogP contribution in [-0.2, 0) is 13.2 Å². The van der Waals surface area contributed by atoms with E-state index in [-0.39, 0.29) is 0 Å². The SMILES string of the molecule is COc1cc(CNn2cn[nH]c2=S)cc(Br)c1OCc1cccc(C)c1. The maximum absolute atomic E-state index is 6.00. The summed E-state index contributed by atoms with van der Waals surface area (Å²) >= 11 is 8.70. The molecule has 0 unspecified atom stereocenters. The van der Waals surface area contributed by atoms with Gasteiger partial charge in [-0.1, -0.05) is 29.8 Å². The molecule has 0 spiro atoms. The Labute approximate surface area is 165 Å². The Morgan fingerprint density at radius 2 is 2.12 bits per heavy atom. The van der Waals surface area contributed by atoms with Crippen LogP contribution in [0.4, 0.5) is 0 Å². The van der Waals surface area contributed by atoms with Crippen LogP contribution in [0.5, 0.6) is 11.5 Å². The highest BCUT2D eigenvalue weighted by atomic mass is 79.9. The molecular formula is C18H19BrN4O2S. The molecule has 0 saturated heterocycles. The number of H-pyrrole nitrogens is 1. The van der Waals surface area contributed by atoms with Crippen molar-refractivity contribution < 1.29 is 9.47 Å². The van der Waals surface area contributed by atoms with E-state index in [9.17, 15) is 0 Å². The van der Waals surface area contributed by atoms with Gasteiger partial charge in [-0.25, -0.2) is 4.68 Å². The van der Waals surface area contributed by atoms with E-state index in [2.05, 4.69) is 50.6 Å². The fourth-order valence-electron chi connectivity index (χ4n) is 2.51. The number of halogens is 1. The van der Waals surface area contributed by atoms with Crippen LogP contribution in [0.1, 0.15) is 16.7 Å². The third-order valence-corrected chi connectivity index (χ3v) is 4.64. The molecule has 0 bridgehead atoms. The van der Waals surface area contributed by atoms with Crippen LogP contribution < -0.4 is 14.9 Å². The van der Waals surface area contributed by atoms with Crippen molar-refractivity contribution in [2.45, 2.75) is 20.1 Å². The van der Waals surface area contributed by atoms with Gasteiger partial charge in [0.1, 0.15) is 12.9 Å². The van der Waals surface area contributed by atoms with Crippen LogP contribution in [0.3, 0.4) is 0 Å². The average Bonchev–Trinajstić information content (AvgIpc) is 3.03. The van der Waals surface area contributed by atoms with Crippen molar-refractivity contribution in [3.05, 3.63) is 68.7 Å². The van der Waals surface area contributed by atoms with Gasteiger partial charge < -0.3 is 14.9 Å². The quantitative estimate of drug-likeness (QED) is 0.541.